The molecule has 0 aliphatic heterocycles. The van der Waals surface area contributed by atoms with Gasteiger partial charge in [0.05, 0.1) is 25.2 Å². The number of aliphatic hydroxyl groups excluding tert-OH is 2. The molecular formula is C61H117NO5. The van der Waals surface area contributed by atoms with Gasteiger partial charge < -0.3 is 20.3 Å². The number of hydrogen-bond acceptors (Lipinski definition) is 5. The molecule has 0 aromatic heterocycles. The molecule has 1 amide bonds. The molecule has 0 aliphatic rings. The zero-order valence-corrected chi connectivity index (χ0v) is 45.3. The van der Waals surface area contributed by atoms with Gasteiger partial charge in [-0.05, 0) is 57.8 Å². The third kappa shape index (κ3) is 50.5. The molecule has 3 N–H and O–H groups in total. The Balaban J connectivity index is 4.51. The molecular weight excluding hydrogens is 827 g/mol. The van der Waals surface area contributed by atoms with E-state index in [1.54, 1.807) is 0 Å². The predicted octanol–water partition coefficient (Wildman–Crippen LogP) is 18.6. The molecule has 0 aliphatic carbocycles. The Kier molecular flexibility index (Phi) is 53.9. The molecule has 0 saturated heterocycles. The normalized spacial score (nSPS) is 13.2. The molecule has 6 nitrogen and oxygen atoms in total. The topological polar surface area (TPSA) is 95.9 Å². The van der Waals surface area contributed by atoms with Crippen LogP contribution in [-0.4, -0.2) is 46.9 Å². The summed E-state index contributed by atoms with van der Waals surface area (Å²) in [6.07, 6.45) is 65.3. The van der Waals surface area contributed by atoms with Crippen molar-refractivity contribution in [3.8, 4) is 0 Å². The SMILES string of the molecule is CCCCC/C=C\C/C=C\CCCCCCCCCC(CC(=O)NC(CO)C(O)CCCCCCCCCCCCCC)OC(=O)CCCCCCCCCCCCCCCCCCCCC. The highest BCUT2D eigenvalue weighted by atomic mass is 16.5. The van der Waals surface area contributed by atoms with Crippen molar-refractivity contribution in [1.29, 1.82) is 0 Å². The van der Waals surface area contributed by atoms with E-state index in [9.17, 15) is 19.8 Å². The van der Waals surface area contributed by atoms with Gasteiger partial charge in [0.25, 0.3) is 0 Å². The zero-order valence-electron chi connectivity index (χ0n) is 45.3. The van der Waals surface area contributed by atoms with E-state index in [0.29, 0.717) is 19.3 Å². The second kappa shape index (κ2) is 55.3. The summed E-state index contributed by atoms with van der Waals surface area (Å²) in [5, 5.41) is 23.9. The number of aliphatic hydroxyl groups is 2. The lowest BCUT2D eigenvalue weighted by atomic mass is 10.0. The van der Waals surface area contributed by atoms with E-state index < -0.39 is 18.2 Å². The molecule has 3 unspecified atom stereocenters. The van der Waals surface area contributed by atoms with Crippen molar-refractivity contribution >= 4 is 11.9 Å². The lowest BCUT2D eigenvalue weighted by Gasteiger charge is -2.24. The molecule has 0 spiro atoms. The van der Waals surface area contributed by atoms with Crippen molar-refractivity contribution in [2.24, 2.45) is 0 Å². The first-order chi connectivity index (χ1) is 33.0. The minimum atomic E-state index is -0.786. The maximum absolute atomic E-state index is 13.3. The molecule has 0 rings (SSSR count). The lowest BCUT2D eigenvalue weighted by Crippen LogP contribution is -2.46. The second-order valence-electron chi connectivity index (χ2n) is 20.8. The highest BCUT2D eigenvalue weighted by molar-refractivity contribution is 5.77. The van der Waals surface area contributed by atoms with Gasteiger partial charge in [0.1, 0.15) is 6.10 Å². The fourth-order valence-electron chi connectivity index (χ4n) is 9.46. The van der Waals surface area contributed by atoms with Crippen LogP contribution in [0.3, 0.4) is 0 Å². The minimum Gasteiger partial charge on any atom is -0.462 e. The third-order valence-electron chi connectivity index (χ3n) is 14.0. The molecule has 0 bridgehead atoms. The molecule has 0 aromatic rings. The number of unbranched alkanes of at least 4 members (excludes halogenated alkanes) is 39. The summed E-state index contributed by atoms with van der Waals surface area (Å²) in [4.78, 5) is 26.3. The predicted molar refractivity (Wildman–Crippen MR) is 292 cm³/mol. The fraction of sp³-hybridized carbons (Fsp3) is 0.902. The van der Waals surface area contributed by atoms with E-state index >= 15 is 0 Å². The summed E-state index contributed by atoms with van der Waals surface area (Å²) in [6, 6.07) is -0.700. The van der Waals surface area contributed by atoms with Crippen molar-refractivity contribution in [2.75, 3.05) is 6.61 Å². The van der Waals surface area contributed by atoms with Crippen molar-refractivity contribution in [3.05, 3.63) is 24.3 Å². The van der Waals surface area contributed by atoms with Crippen LogP contribution < -0.4 is 5.32 Å². The number of rotatable bonds is 55. The molecule has 0 fully saturated rings. The van der Waals surface area contributed by atoms with Crippen LogP contribution in [0.4, 0.5) is 0 Å². The molecule has 6 heteroatoms. The van der Waals surface area contributed by atoms with Gasteiger partial charge in [-0.3, -0.25) is 9.59 Å². The molecule has 0 aromatic carbocycles. The largest absolute Gasteiger partial charge is 0.462 e. The second-order valence-corrected chi connectivity index (χ2v) is 20.8. The van der Waals surface area contributed by atoms with E-state index in [2.05, 4.69) is 50.4 Å². The lowest BCUT2D eigenvalue weighted by molar-refractivity contribution is -0.151. The third-order valence-corrected chi connectivity index (χ3v) is 14.0. The number of carbonyl (C=O) groups excluding carboxylic acids is 2. The van der Waals surface area contributed by atoms with Gasteiger partial charge in [-0.2, -0.15) is 0 Å². The van der Waals surface area contributed by atoms with E-state index in [-0.39, 0.29) is 24.9 Å². The molecule has 0 radical (unpaired) electrons. The monoisotopic (exact) mass is 944 g/mol. The quantitative estimate of drug-likeness (QED) is 0.0321. The van der Waals surface area contributed by atoms with Crippen LogP contribution in [-0.2, 0) is 14.3 Å². The van der Waals surface area contributed by atoms with Gasteiger partial charge in [0.2, 0.25) is 5.91 Å². The van der Waals surface area contributed by atoms with Crippen LogP contribution in [0, 0.1) is 0 Å². The first-order valence-corrected chi connectivity index (χ1v) is 30.1. The smallest absolute Gasteiger partial charge is 0.306 e. The summed E-state index contributed by atoms with van der Waals surface area (Å²) in [5.41, 5.74) is 0. The zero-order chi connectivity index (χ0) is 48.8. The minimum absolute atomic E-state index is 0.0783. The standard InChI is InChI=1S/C61H117NO5/c1-4-7-10-13-16-19-22-25-27-29-30-32-34-36-39-42-45-48-51-54-61(66)67-57(52-49-46-43-40-37-35-33-31-28-26-23-20-17-14-11-8-5-2)55-60(65)62-58(56-63)59(64)53-50-47-44-41-38-24-21-18-15-12-9-6-3/h17,20,26,28,57-59,63-64H,4-16,18-19,21-25,27,29-56H2,1-3H3,(H,62,65)/b20-17-,28-26-. The van der Waals surface area contributed by atoms with Gasteiger partial charge in [0.15, 0.2) is 0 Å². The van der Waals surface area contributed by atoms with Gasteiger partial charge >= 0.3 is 5.97 Å². The molecule has 396 valence electrons. The first-order valence-electron chi connectivity index (χ1n) is 30.1. The number of allylic oxidation sites excluding steroid dienone is 4. The van der Waals surface area contributed by atoms with Crippen molar-refractivity contribution in [1.82, 2.24) is 5.32 Å². The summed E-state index contributed by atoms with van der Waals surface area (Å²) in [5.74, 6) is -0.460. The van der Waals surface area contributed by atoms with Crippen LogP contribution >= 0.6 is 0 Å². The number of carbonyl (C=O) groups is 2. The van der Waals surface area contributed by atoms with E-state index in [4.69, 9.17) is 4.74 Å². The summed E-state index contributed by atoms with van der Waals surface area (Å²) < 4.78 is 5.98. The van der Waals surface area contributed by atoms with Gasteiger partial charge in [-0.1, -0.05) is 283 Å². The van der Waals surface area contributed by atoms with Crippen LogP contribution in [0.15, 0.2) is 24.3 Å². The van der Waals surface area contributed by atoms with Crippen molar-refractivity contribution in [3.63, 3.8) is 0 Å². The van der Waals surface area contributed by atoms with E-state index in [0.717, 1.165) is 64.2 Å². The Labute approximate surface area is 418 Å². The first kappa shape index (κ1) is 65.3. The van der Waals surface area contributed by atoms with Gasteiger partial charge in [-0.25, -0.2) is 0 Å². The van der Waals surface area contributed by atoms with Crippen LogP contribution in [0.25, 0.3) is 0 Å². The van der Waals surface area contributed by atoms with Crippen molar-refractivity contribution < 1.29 is 24.5 Å². The number of hydrogen-bond donors (Lipinski definition) is 3. The van der Waals surface area contributed by atoms with Crippen LogP contribution in [0.2, 0.25) is 0 Å². The Bertz CT molecular complexity index is 1060. The average molecular weight is 945 g/mol. The number of esters is 1. The van der Waals surface area contributed by atoms with Gasteiger partial charge in [0, 0.05) is 6.42 Å². The maximum Gasteiger partial charge on any atom is 0.306 e. The molecule has 0 heterocycles. The van der Waals surface area contributed by atoms with E-state index in [1.807, 2.05) is 0 Å². The highest BCUT2D eigenvalue weighted by Crippen LogP contribution is 2.19. The molecule has 0 saturated carbocycles. The number of nitrogens with one attached hydrogen (secondary N) is 1. The summed E-state index contributed by atoms with van der Waals surface area (Å²) in [6.45, 7) is 6.50. The fourth-order valence-corrected chi connectivity index (χ4v) is 9.46. The van der Waals surface area contributed by atoms with Crippen molar-refractivity contribution in [2.45, 2.75) is 347 Å². The number of amides is 1. The molecule has 3 atom stereocenters. The summed E-state index contributed by atoms with van der Waals surface area (Å²) >= 11 is 0. The Morgan fingerprint density at radius 1 is 0.433 bits per heavy atom. The van der Waals surface area contributed by atoms with Gasteiger partial charge in [-0.15, -0.1) is 0 Å². The number of ether oxygens (including phenoxy) is 1. The Morgan fingerprint density at radius 3 is 1.16 bits per heavy atom. The maximum atomic E-state index is 13.3. The highest BCUT2D eigenvalue weighted by Gasteiger charge is 2.24. The Hall–Kier alpha value is -1.66. The average Bonchev–Trinajstić information content (AvgIpc) is 3.32. The Morgan fingerprint density at radius 2 is 0.761 bits per heavy atom. The van der Waals surface area contributed by atoms with E-state index in [1.165, 1.54) is 218 Å². The molecule has 67 heavy (non-hydrogen) atoms. The summed E-state index contributed by atoms with van der Waals surface area (Å²) in [7, 11) is 0. The van der Waals surface area contributed by atoms with Crippen LogP contribution in [0.1, 0.15) is 329 Å². The van der Waals surface area contributed by atoms with Crippen LogP contribution in [0.5, 0.6) is 0 Å².